The Bertz CT molecular complexity index is 372. The fourth-order valence-electron chi connectivity index (χ4n) is 2.47. The summed E-state index contributed by atoms with van der Waals surface area (Å²) in [4.78, 5) is 0. The van der Waals surface area contributed by atoms with Crippen LogP contribution in [0.1, 0.15) is 29.9 Å². The van der Waals surface area contributed by atoms with Gasteiger partial charge < -0.3 is 10.1 Å². The summed E-state index contributed by atoms with van der Waals surface area (Å²) in [5.74, 6) is 1.59. The summed E-state index contributed by atoms with van der Waals surface area (Å²) >= 11 is 6.13. The van der Waals surface area contributed by atoms with Gasteiger partial charge in [-0.2, -0.15) is 0 Å². The van der Waals surface area contributed by atoms with Crippen LogP contribution in [-0.2, 0) is 0 Å². The van der Waals surface area contributed by atoms with E-state index in [9.17, 15) is 0 Å². The molecule has 1 aromatic rings. The van der Waals surface area contributed by atoms with Gasteiger partial charge in [-0.05, 0) is 62.0 Å². The first-order valence-electron chi connectivity index (χ1n) is 5.77. The second kappa shape index (κ2) is 5.07. The third-order valence-corrected chi connectivity index (χ3v) is 3.47. The van der Waals surface area contributed by atoms with Crippen molar-refractivity contribution in [3.63, 3.8) is 0 Å². The van der Waals surface area contributed by atoms with Gasteiger partial charge in [0.15, 0.2) is 0 Å². The number of hydrogen-bond acceptors (Lipinski definition) is 2. The van der Waals surface area contributed by atoms with Crippen LogP contribution in [0.2, 0.25) is 5.02 Å². The van der Waals surface area contributed by atoms with Gasteiger partial charge in [-0.1, -0.05) is 11.6 Å². The molecule has 2 nitrogen and oxygen atoms in total. The van der Waals surface area contributed by atoms with Crippen LogP contribution in [-0.4, -0.2) is 20.2 Å². The maximum Gasteiger partial charge on any atom is 0.125 e. The van der Waals surface area contributed by atoms with E-state index < -0.39 is 0 Å². The van der Waals surface area contributed by atoms with Crippen molar-refractivity contribution < 1.29 is 4.74 Å². The molecule has 0 aliphatic carbocycles. The number of piperidine rings is 1. The molecular formula is C13H18ClNO. The Morgan fingerprint density at radius 3 is 2.62 bits per heavy atom. The molecule has 0 radical (unpaired) electrons. The Hall–Kier alpha value is -0.730. The molecule has 0 saturated carbocycles. The molecule has 3 heteroatoms. The van der Waals surface area contributed by atoms with Crippen LogP contribution in [0.25, 0.3) is 0 Å². The first kappa shape index (κ1) is 11.7. The molecule has 1 aliphatic rings. The average Bonchev–Trinajstić information content (AvgIpc) is 2.29. The van der Waals surface area contributed by atoms with Gasteiger partial charge in [0, 0.05) is 5.02 Å². The molecule has 0 unspecified atom stereocenters. The Balaban J connectivity index is 2.36. The third-order valence-electron chi connectivity index (χ3n) is 3.25. The molecular weight excluding hydrogens is 222 g/mol. The number of benzene rings is 1. The van der Waals surface area contributed by atoms with Crippen molar-refractivity contribution in [2.24, 2.45) is 0 Å². The molecule has 1 aliphatic heterocycles. The number of nitrogens with one attached hydrogen (secondary N) is 1. The topological polar surface area (TPSA) is 21.3 Å². The normalized spacial score (nSPS) is 17.4. The average molecular weight is 240 g/mol. The SMILES string of the molecule is COc1c(C)cc(Cl)cc1C1CCNCC1. The van der Waals surface area contributed by atoms with Gasteiger partial charge in [-0.3, -0.25) is 0 Å². The van der Waals surface area contributed by atoms with E-state index in [1.165, 1.54) is 5.56 Å². The minimum atomic E-state index is 0.577. The largest absolute Gasteiger partial charge is 0.496 e. The van der Waals surface area contributed by atoms with E-state index in [1.807, 2.05) is 6.07 Å². The summed E-state index contributed by atoms with van der Waals surface area (Å²) in [6.07, 6.45) is 2.33. The van der Waals surface area contributed by atoms with E-state index in [1.54, 1.807) is 7.11 Å². The summed E-state index contributed by atoms with van der Waals surface area (Å²) in [6.45, 7) is 4.22. The zero-order valence-corrected chi connectivity index (χ0v) is 10.6. The molecule has 1 heterocycles. The van der Waals surface area contributed by atoms with Gasteiger partial charge in [-0.25, -0.2) is 0 Å². The standard InChI is InChI=1S/C13H18ClNO/c1-9-7-11(14)8-12(13(9)16-2)10-3-5-15-6-4-10/h7-8,10,15H,3-6H2,1-2H3. The van der Waals surface area contributed by atoms with Crippen molar-refractivity contribution >= 4 is 11.6 Å². The van der Waals surface area contributed by atoms with Crippen LogP contribution in [0.15, 0.2) is 12.1 Å². The molecule has 1 N–H and O–H groups in total. The molecule has 88 valence electrons. The van der Waals surface area contributed by atoms with E-state index in [-0.39, 0.29) is 0 Å². The summed E-state index contributed by atoms with van der Waals surface area (Å²) in [5, 5.41) is 4.19. The first-order valence-corrected chi connectivity index (χ1v) is 6.15. The van der Waals surface area contributed by atoms with Crippen molar-refractivity contribution in [3.05, 3.63) is 28.3 Å². The van der Waals surface area contributed by atoms with Gasteiger partial charge in [0.25, 0.3) is 0 Å². The summed E-state index contributed by atoms with van der Waals surface area (Å²) in [6, 6.07) is 4.02. The van der Waals surface area contributed by atoms with Crippen molar-refractivity contribution in [2.75, 3.05) is 20.2 Å². The number of methoxy groups -OCH3 is 1. The van der Waals surface area contributed by atoms with Gasteiger partial charge in [0.05, 0.1) is 7.11 Å². The zero-order chi connectivity index (χ0) is 11.5. The molecule has 0 bridgehead atoms. The highest BCUT2D eigenvalue weighted by Crippen LogP contribution is 2.36. The molecule has 2 rings (SSSR count). The smallest absolute Gasteiger partial charge is 0.125 e. The van der Waals surface area contributed by atoms with E-state index in [2.05, 4.69) is 18.3 Å². The number of hydrogen-bond donors (Lipinski definition) is 1. The minimum Gasteiger partial charge on any atom is -0.496 e. The Morgan fingerprint density at radius 2 is 2.00 bits per heavy atom. The van der Waals surface area contributed by atoms with E-state index >= 15 is 0 Å². The number of ether oxygens (including phenoxy) is 1. The highest BCUT2D eigenvalue weighted by atomic mass is 35.5. The van der Waals surface area contributed by atoms with Gasteiger partial charge >= 0.3 is 0 Å². The van der Waals surface area contributed by atoms with Crippen LogP contribution >= 0.6 is 11.6 Å². The first-order chi connectivity index (χ1) is 7.72. The molecule has 1 aromatic carbocycles. The Kier molecular flexibility index (Phi) is 3.72. The molecule has 0 amide bonds. The highest BCUT2D eigenvalue weighted by Gasteiger charge is 2.20. The molecule has 0 spiro atoms. The maximum atomic E-state index is 6.13. The van der Waals surface area contributed by atoms with Gasteiger partial charge in [0.1, 0.15) is 5.75 Å². The number of rotatable bonds is 2. The lowest BCUT2D eigenvalue weighted by molar-refractivity contribution is 0.389. The van der Waals surface area contributed by atoms with Crippen LogP contribution in [0.3, 0.4) is 0 Å². The summed E-state index contributed by atoms with van der Waals surface area (Å²) < 4.78 is 5.51. The van der Waals surface area contributed by atoms with Crippen LogP contribution in [0.5, 0.6) is 5.75 Å². The molecule has 0 aromatic heterocycles. The maximum absolute atomic E-state index is 6.13. The lowest BCUT2D eigenvalue weighted by atomic mass is 9.88. The van der Waals surface area contributed by atoms with E-state index in [0.29, 0.717) is 5.92 Å². The fraction of sp³-hybridized carbons (Fsp3) is 0.538. The quantitative estimate of drug-likeness (QED) is 0.856. The highest BCUT2D eigenvalue weighted by molar-refractivity contribution is 6.30. The monoisotopic (exact) mass is 239 g/mol. The molecule has 0 atom stereocenters. The van der Waals surface area contributed by atoms with Crippen molar-refractivity contribution in [2.45, 2.75) is 25.7 Å². The molecule has 16 heavy (non-hydrogen) atoms. The Morgan fingerprint density at radius 1 is 1.31 bits per heavy atom. The van der Waals surface area contributed by atoms with Gasteiger partial charge in [0.2, 0.25) is 0 Å². The lowest BCUT2D eigenvalue weighted by Gasteiger charge is -2.25. The number of aryl methyl sites for hydroxylation is 1. The lowest BCUT2D eigenvalue weighted by Crippen LogP contribution is -2.26. The van der Waals surface area contributed by atoms with Crippen LogP contribution in [0.4, 0.5) is 0 Å². The predicted molar refractivity (Wildman–Crippen MR) is 67.6 cm³/mol. The summed E-state index contributed by atoms with van der Waals surface area (Å²) in [5.41, 5.74) is 2.40. The van der Waals surface area contributed by atoms with Crippen molar-refractivity contribution in [1.82, 2.24) is 5.32 Å². The third kappa shape index (κ3) is 2.33. The zero-order valence-electron chi connectivity index (χ0n) is 9.85. The second-order valence-electron chi connectivity index (χ2n) is 4.37. The summed E-state index contributed by atoms with van der Waals surface area (Å²) in [7, 11) is 1.74. The predicted octanol–water partition coefficient (Wildman–Crippen LogP) is 3.12. The van der Waals surface area contributed by atoms with Gasteiger partial charge in [-0.15, -0.1) is 0 Å². The van der Waals surface area contributed by atoms with Crippen LogP contribution < -0.4 is 10.1 Å². The number of halogens is 1. The minimum absolute atomic E-state index is 0.577. The molecule has 1 saturated heterocycles. The van der Waals surface area contributed by atoms with Crippen molar-refractivity contribution in [1.29, 1.82) is 0 Å². The fourth-order valence-corrected chi connectivity index (χ4v) is 2.75. The van der Waals surface area contributed by atoms with Crippen molar-refractivity contribution in [3.8, 4) is 5.75 Å². The Labute approximate surface area is 102 Å². The van der Waals surface area contributed by atoms with E-state index in [0.717, 1.165) is 42.3 Å². The second-order valence-corrected chi connectivity index (χ2v) is 4.81. The van der Waals surface area contributed by atoms with Crippen LogP contribution in [0, 0.1) is 6.92 Å². The van der Waals surface area contributed by atoms with E-state index in [4.69, 9.17) is 16.3 Å². The molecule has 1 fully saturated rings.